The van der Waals surface area contributed by atoms with E-state index in [0.717, 1.165) is 63.2 Å². The van der Waals surface area contributed by atoms with Crippen LogP contribution in [0.2, 0.25) is 10.0 Å². The Morgan fingerprint density at radius 1 is 1.14 bits per heavy atom. The zero-order valence-electron chi connectivity index (χ0n) is 20.5. The molecule has 4 atom stereocenters. The van der Waals surface area contributed by atoms with Crippen molar-refractivity contribution >= 4 is 60.1 Å². The minimum absolute atomic E-state index is 0.0245. The van der Waals surface area contributed by atoms with Gasteiger partial charge in [0, 0.05) is 31.0 Å². The Kier molecular flexibility index (Phi) is 15.1. The Balaban J connectivity index is 0.00000222. The van der Waals surface area contributed by atoms with Crippen molar-refractivity contribution in [3.63, 3.8) is 0 Å². The number of fused-ring (bicyclic) bond motifs is 2. The molecule has 1 amide bonds. The molecule has 2 aliphatic heterocycles. The summed E-state index contributed by atoms with van der Waals surface area (Å²) in [5.74, 6) is 1.41. The second-order valence-electron chi connectivity index (χ2n) is 9.21. The molecule has 1 aromatic rings. The Morgan fingerprint density at radius 3 is 2.53 bits per heavy atom. The number of halogens is 2. The number of nitrogens with zero attached hydrogens (tertiary/aromatic N) is 3. The second kappa shape index (κ2) is 16.9. The summed E-state index contributed by atoms with van der Waals surface area (Å²) in [5.41, 5.74) is 1.12. The molecule has 0 unspecified atom stereocenters. The summed E-state index contributed by atoms with van der Waals surface area (Å²) in [5, 5.41) is 5.09. The van der Waals surface area contributed by atoms with E-state index in [9.17, 15) is 9.59 Å². The van der Waals surface area contributed by atoms with Gasteiger partial charge in [0.1, 0.15) is 5.78 Å². The van der Waals surface area contributed by atoms with E-state index in [2.05, 4.69) is 15.1 Å². The molecule has 0 spiro atoms. The zero-order chi connectivity index (χ0) is 26.7. The van der Waals surface area contributed by atoms with Crippen molar-refractivity contribution < 1.29 is 31.9 Å². The van der Waals surface area contributed by atoms with Crippen LogP contribution in [0.3, 0.4) is 0 Å². The van der Waals surface area contributed by atoms with Gasteiger partial charge in [-0.3, -0.25) is 14.6 Å². The van der Waals surface area contributed by atoms with E-state index in [1.807, 2.05) is 25.1 Å². The SMILES string of the molecule is CCC(=O)[C@H]1[C@@H](c2ccc(Cl)c(Cl)c2)C[C@@H]2CC[C@H]1N2CCCN(CC[S-])CC(=O)[N-]CC[S-].[O]=[99Tc+3]. The van der Waals surface area contributed by atoms with Crippen LogP contribution in [0.5, 0.6) is 0 Å². The Bertz CT molecular complexity index is 870. The second-order valence-corrected chi connectivity index (χ2v) is 10.8. The van der Waals surface area contributed by atoms with Gasteiger partial charge in [0.2, 0.25) is 0 Å². The normalized spacial score (nSPS) is 23.2. The predicted molar refractivity (Wildman–Crippen MR) is 146 cm³/mol. The van der Waals surface area contributed by atoms with E-state index in [-0.39, 0.29) is 23.8 Å². The van der Waals surface area contributed by atoms with Crippen molar-refractivity contribution in [2.45, 2.75) is 57.0 Å². The third-order valence-electron chi connectivity index (χ3n) is 7.19. The first-order valence-corrected chi connectivity index (χ1v) is 15.0. The van der Waals surface area contributed by atoms with Gasteiger partial charge in [-0.05, 0) is 68.9 Å². The van der Waals surface area contributed by atoms with Crippen LogP contribution in [0, 0.1) is 5.92 Å². The Morgan fingerprint density at radius 2 is 1.89 bits per heavy atom. The van der Waals surface area contributed by atoms with Gasteiger partial charge in [-0.2, -0.15) is 18.1 Å². The molecule has 0 aromatic heterocycles. The molecule has 6 nitrogen and oxygen atoms in total. The van der Waals surface area contributed by atoms with Crippen molar-refractivity contribution in [2.24, 2.45) is 5.92 Å². The van der Waals surface area contributed by atoms with Crippen LogP contribution in [-0.4, -0.2) is 77.8 Å². The minimum atomic E-state index is -0.121. The summed E-state index contributed by atoms with van der Waals surface area (Å²) in [7, 11) is 0. The van der Waals surface area contributed by atoms with Crippen molar-refractivity contribution in [1.82, 2.24) is 9.80 Å². The maximum absolute atomic E-state index is 13.1. The molecule has 2 bridgehead atoms. The first-order chi connectivity index (χ1) is 17.4. The van der Waals surface area contributed by atoms with Gasteiger partial charge >= 0.3 is 22.4 Å². The van der Waals surface area contributed by atoms with Gasteiger partial charge in [-0.25, -0.2) is 0 Å². The number of carbonyl (C=O) groups excluding carboxylic acids is 2. The molecule has 0 aliphatic carbocycles. The van der Waals surface area contributed by atoms with Gasteiger partial charge < -0.3 is 35.4 Å². The summed E-state index contributed by atoms with van der Waals surface area (Å²) in [6, 6.07) is 6.53. The van der Waals surface area contributed by atoms with Gasteiger partial charge in [-0.15, -0.1) is 0 Å². The molecule has 0 N–H and O–H groups in total. The van der Waals surface area contributed by atoms with Gasteiger partial charge in [0.15, 0.2) is 0 Å². The van der Waals surface area contributed by atoms with E-state index < -0.39 is 0 Å². The molecular weight excluding hydrogens is 624 g/mol. The van der Waals surface area contributed by atoms with Crippen LogP contribution in [0.15, 0.2) is 18.2 Å². The van der Waals surface area contributed by atoms with Crippen molar-refractivity contribution in [3.8, 4) is 0 Å². The number of hydrogen-bond donors (Lipinski definition) is 0. The van der Waals surface area contributed by atoms with Crippen LogP contribution >= 0.6 is 23.2 Å². The average molecular weight is 659 g/mol. The molecule has 0 saturated carbocycles. The Hall–Kier alpha value is 0.00935. The molecule has 1 aromatic carbocycles. The predicted octanol–water partition coefficient (Wildman–Crippen LogP) is 4.47. The van der Waals surface area contributed by atoms with E-state index >= 15 is 0 Å². The van der Waals surface area contributed by atoms with Crippen molar-refractivity contribution in [1.29, 1.82) is 0 Å². The van der Waals surface area contributed by atoms with Gasteiger partial charge in [0.05, 0.1) is 16.0 Å². The summed E-state index contributed by atoms with van der Waals surface area (Å²) in [4.78, 5) is 29.9. The van der Waals surface area contributed by atoms with Crippen molar-refractivity contribution in [3.05, 3.63) is 39.1 Å². The summed E-state index contributed by atoms with van der Waals surface area (Å²) >= 11 is 23.4. The van der Waals surface area contributed by atoms with Crippen molar-refractivity contribution in [2.75, 3.05) is 44.2 Å². The maximum atomic E-state index is 13.1. The number of carbonyl (C=O) groups is 2. The summed E-state index contributed by atoms with van der Waals surface area (Å²) in [6.07, 6.45) is 4.60. The third-order valence-corrected chi connectivity index (χ3v) is 8.30. The fourth-order valence-electron chi connectivity index (χ4n) is 5.71. The molecular formula is C25H34Cl2N3O3S2Tc. The molecule has 0 radical (unpaired) electrons. The number of Topliss-reactive ketones (excluding diaryl/α,β-unsaturated/α-hetero) is 1. The quantitative estimate of drug-likeness (QED) is 0.290. The summed E-state index contributed by atoms with van der Waals surface area (Å²) in [6.45, 7) is 5.08. The van der Waals surface area contributed by atoms with Gasteiger partial charge in [0.25, 0.3) is 0 Å². The zero-order valence-corrected chi connectivity index (χ0v) is 25.5. The van der Waals surface area contributed by atoms with E-state index in [0.29, 0.717) is 59.4 Å². The molecule has 2 aliphatic rings. The van der Waals surface area contributed by atoms with Gasteiger partial charge in [-0.1, -0.05) is 36.2 Å². The fraction of sp³-hybridized carbons (Fsp3) is 0.680. The fourth-order valence-corrected chi connectivity index (χ4v) is 6.37. The molecule has 2 fully saturated rings. The number of rotatable bonds is 13. The monoisotopic (exact) mass is 657 g/mol. The first-order valence-electron chi connectivity index (χ1n) is 12.4. The number of benzene rings is 1. The average Bonchev–Trinajstić information content (AvgIpc) is 3.15. The number of ketones is 1. The number of hydrogen-bond acceptors (Lipinski definition) is 7. The Labute approximate surface area is 246 Å². The molecule has 2 saturated heterocycles. The topological polar surface area (TPSA) is 71.8 Å². The first kappa shape index (κ1) is 32.2. The van der Waals surface area contributed by atoms with E-state index in [4.69, 9.17) is 52.0 Å². The van der Waals surface area contributed by atoms with E-state index in [1.54, 1.807) is 0 Å². The van der Waals surface area contributed by atoms with Crippen LogP contribution < -0.4 is 0 Å². The third kappa shape index (κ3) is 8.77. The van der Waals surface area contributed by atoms with E-state index in [1.165, 1.54) is 0 Å². The molecule has 200 valence electrons. The molecule has 3 rings (SSSR count). The number of amides is 1. The van der Waals surface area contributed by atoms with Crippen LogP contribution in [0.25, 0.3) is 5.32 Å². The number of piperidine rings is 1. The van der Waals surface area contributed by atoms with Crippen LogP contribution in [-0.2, 0) is 57.2 Å². The van der Waals surface area contributed by atoms with Crippen LogP contribution in [0.4, 0.5) is 0 Å². The molecule has 2 heterocycles. The molecule has 36 heavy (non-hydrogen) atoms. The summed E-state index contributed by atoms with van der Waals surface area (Å²) < 4.78 is 8.22. The molecule has 11 heteroatoms. The standard InChI is InChI=1S/C25H37Cl2N3O2S2.O.Tc/c1-2-23(31)25-19(17-4-6-20(26)21(27)14-17)15-18-5-7-22(25)30(18)10-3-9-29(11-13-34)16-24(32)28-8-12-33;;/h4,6,14,18-19,22,25H,2-3,5,7-13,15-16H2,1H3,(H3,28,32,33,34);;/q;;+3/p-3/t18-,19+,22+,25-;;/m0../s1/i;;1+1. The van der Waals surface area contributed by atoms with Crippen LogP contribution in [0.1, 0.15) is 50.5 Å².